The molecule has 0 aliphatic carbocycles. The Hall–Kier alpha value is -2.25. The molecular weight excluding hydrogens is 258 g/mol. The maximum absolute atomic E-state index is 12.5. The van der Waals surface area contributed by atoms with Gasteiger partial charge in [0.05, 0.1) is 6.07 Å². The molecule has 4 heteroatoms. The lowest BCUT2D eigenvalue weighted by molar-refractivity contribution is 0.151. The molecule has 0 radical (unpaired) electrons. The number of nitrogens with zero attached hydrogens (tertiary/aromatic N) is 1. The minimum Gasteiger partial charge on any atom is -0.294 e. The van der Waals surface area contributed by atoms with Gasteiger partial charge in [-0.15, -0.1) is 0 Å². The number of nitrogens with one attached hydrogen (secondary N) is 1. The Bertz CT molecular complexity index is 574. The van der Waals surface area contributed by atoms with Crippen molar-refractivity contribution in [1.29, 1.82) is 5.26 Å². The molecule has 0 amide bonds. The first-order valence-electron chi connectivity index (χ1n) is 6.25. The van der Waals surface area contributed by atoms with Gasteiger partial charge in [0.15, 0.2) is 0 Å². The molecule has 102 valence electrons. The van der Waals surface area contributed by atoms with Crippen LogP contribution in [0.1, 0.15) is 29.2 Å². The molecule has 0 heterocycles. The molecule has 0 aliphatic rings. The van der Waals surface area contributed by atoms with Gasteiger partial charge in [-0.05, 0) is 11.1 Å². The van der Waals surface area contributed by atoms with Gasteiger partial charge in [-0.25, -0.2) is 8.78 Å². The van der Waals surface area contributed by atoms with Gasteiger partial charge in [0.1, 0.15) is 6.04 Å². The molecule has 0 fully saturated rings. The Balaban J connectivity index is 2.03. The standard InChI is InChI=1S/C16H14F2N2/c17-16(18)14-8-6-13(7-9-14)15(10-19)20-11-12-4-2-1-3-5-12/h1-9,15-16,20H,11H2. The molecule has 0 aliphatic heterocycles. The van der Waals surface area contributed by atoms with Crippen LogP contribution in [0.2, 0.25) is 0 Å². The van der Waals surface area contributed by atoms with Gasteiger partial charge < -0.3 is 0 Å². The fraction of sp³-hybridized carbons (Fsp3) is 0.188. The van der Waals surface area contributed by atoms with Crippen molar-refractivity contribution in [3.8, 4) is 6.07 Å². The Morgan fingerprint density at radius 2 is 1.55 bits per heavy atom. The van der Waals surface area contributed by atoms with Gasteiger partial charge in [-0.2, -0.15) is 5.26 Å². The zero-order chi connectivity index (χ0) is 14.4. The van der Waals surface area contributed by atoms with Gasteiger partial charge in [0, 0.05) is 12.1 Å². The first kappa shape index (κ1) is 14.2. The van der Waals surface area contributed by atoms with E-state index < -0.39 is 12.5 Å². The highest BCUT2D eigenvalue weighted by atomic mass is 19.3. The zero-order valence-corrected chi connectivity index (χ0v) is 10.8. The summed E-state index contributed by atoms with van der Waals surface area (Å²) in [6.45, 7) is 0.551. The smallest absolute Gasteiger partial charge is 0.263 e. The third kappa shape index (κ3) is 3.62. The minimum absolute atomic E-state index is 0.0338. The molecule has 0 saturated heterocycles. The van der Waals surface area contributed by atoms with Crippen molar-refractivity contribution in [2.45, 2.75) is 19.0 Å². The van der Waals surface area contributed by atoms with Crippen molar-refractivity contribution in [2.24, 2.45) is 0 Å². The number of nitriles is 1. The van der Waals surface area contributed by atoms with E-state index in [9.17, 15) is 14.0 Å². The quantitative estimate of drug-likeness (QED) is 0.893. The first-order chi connectivity index (χ1) is 9.70. The van der Waals surface area contributed by atoms with Crippen molar-refractivity contribution in [3.63, 3.8) is 0 Å². The van der Waals surface area contributed by atoms with Crippen LogP contribution in [0.25, 0.3) is 0 Å². The van der Waals surface area contributed by atoms with Crippen LogP contribution >= 0.6 is 0 Å². The molecule has 0 bridgehead atoms. The van der Waals surface area contributed by atoms with E-state index in [4.69, 9.17) is 0 Å². The second-order valence-corrected chi connectivity index (χ2v) is 4.40. The molecule has 0 aromatic heterocycles. The lowest BCUT2D eigenvalue weighted by atomic mass is 10.1. The highest BCUT2D eigenvalue weighted by molar-refractivity contribution is 5.29. The van der Waals surface area contributed by atoms with Crippen LogP contribution in [0, 0.1) is 11.3 Å². The lowest BCUT2D eigenvalue weighted by Crippen LogP contribution is -2.19. The number of alkyl halides is 2. The summed E-state index contributed by atoms with van der Waals surface area (Å²) in [7, 11) is 0. The highest BCUT2D eigenvalue weighted by Gasteiger charge is 2.12. The van der Waals surface area contributed by atoms with Crippen molar-refractivity contribution in [2.75, 3.05) is 0 Å². The molecule has 2 aromatic carbocycles. The van der Waals surface area contributed by atoms with E-state index in [1.54, 1.807) is 12.1 Å². The predicted molar refractivity (Wildman–Crippen MR) is 73.0 cm³/mol. The van der Waals surface area contributed by atoms with E-state index in [0.717, 1.165) is 5.56 Å². The third-order valence-corrected chi connectivity index (χ3v) is 3.00. The predicted octanol–water partition coefficient (Wildman–Crippen LogP) is 3.98. The Morgan fingerprint density at radius 1 is 0.950 bits per heavy atom. The fourth-order valence-electron chi connectivity index (χ4n) is 1.89. The van der Waals surface area contributed by atoms with E-state index >= 15 is 0 Å². The van der Waals surface area contributed by atoms with E-state index in [-0.39, 0.29) is 5.56 Å². The molecule has 1 atom stereocenters. The summed E-state index contributed by atoms with van der Waals surface area (Å²) in [6.07, 6.45) is -2.48. The van der Waals surface area contributed by atoms with Gasteiger partial charge in [-0.1, -0.05) is 54.6 Å². The molecule has 1 N–H and O–H groups in total. The molecule has 0 saturated carbocycles. The lowest BCUT2D eigenvalue weighted by Gasteiger charge is -2.12. The van der Waals surface area contributed by atoms with Gasteiger partial charge >= 0.3 is 0 Å². The van der Waals surface area contributed by atoms with Crippen molar-refractivity contribution in [1.82, 2.24) is 5.32 Å². The number of halogens is 2. The Kier molecular flexibility index (Phi) is 4.80. The minimum atomic E-state index is -2.48. The second-order valence-electron chi connectivity index (χ2n) is 4.40. The second kappa shape index (κ2) is 6.78. The average Bonchev–Trinajstić information content (AvgIpc) is 2.49. The SMILES string of the molecule is N#CC(NCc1ccccc1)c1ccc(C(F)F)cc1. The van der Waals surface area contributed by atoms with E-state index in [0.29, 0.717) is 12.1 Å². The van der Waals surface area contributed by atoms with Crippen LogP contribution in [-0.2, 0) is 6.54 Å². The molecular formula is C16H14F2N2. The normalized spacial score (nSPS) is 12.1. The van der Waals surface area contributed by atoms with E-state index in [1.807, 2.05) is 30.3 Å². The van der Waals surface area contributed by atoms with Crippen molar-refractivity contribution >= 4 is 0 Å². The molecule has 2 nitrogen and oxygen atoms in total. The fourth-order valence-corrected chi connectivity index (χ4v) is 1.89. The molecule has 2 aromatic rings. The largest absolute Gasteiger partial charge is 0.294 e. The number of hydrogen-bond acceptors (Lipinski definition) is 2. The van der Waals surface area contributed by atoms with Gasteiger partial charge in [-0.3, -0.25) is 5.32 Å². The summed E-state index contributed by atoms with van der Waals surface area (Å²) in [6, 6.07) is 17.2. The number of hydrogen-bond donors (Lipinski definition) is 1. The highest BCUT2D eigenvalue weighted by Crippen LogP contribution is 2.21. The zero-order valence-electron chi connectivity index (χ0n) is 10.8. The van der Waals surface area contributed by atoms with Crippen LogP contribution < -0.4 is 5.32 Å². The Morgan fingerprint density at radius 3 is 2.10 bits per heavy atom. The molecule has 2 rings (SSSR count). The van der Waals surface area contributed by atoms with Crippen LogP contribution in [-0.4, -0.2) is 0 Å². The number of benzene rings is 2. The van der Waals surface area contributed by atoms with E-state index in [1.165, 1.54) is 12.1 Å². The average molecular weight is 272 g/mol. The van der Waals surface area contributed by atoms with Crippen LogP contribution in [0.4, 0.5) is 8.78 Å². The van der Waals surface area contributed by atoms with Crippen LogP contribution in [0.5, 0.6) is 0 Å². The van der Waals surface area contributed by atoms with Crippen molar-refractivity contribution < 1.29 is 8.78 Å². The van der Waals surface area contributed by atoms with Gasteiger partial charge in [0.2, 0.25) is 0 Å². The van der Waals surface area contributed by atoms with Crippen LogP contribution in [0.3, 0.4) is 0 Å². The molecule has 1 unspecified atom stereocenters. The summed E-state index contributed by atoms with van der Waals surface area (Å²) in [5.74, 6) is 0. The topological polar surface area (TPSA) is 35.8 Å². The van der Waals surface area contributed by atoms with Gasteiger partial charge in [0.25, 0.3) is 6.43 Å². The molecule has 0 spiro atoms. The van der Waals surface area contributed by atoms with Crippen LogP contribution in [0.15, 0.2) is 54.6 Å². The summed E-state index contributed by atoms with van der Waals surface area (Å²) in [4.78, 5) is 0. The summed E-state index contributed by atoms with van der Waals surface area (Å²) in [5, 5.41) is 12.3. The summed E-state index contributed by atoms with van der Waals surface area (Å²) < 4.78 is 24.9. The number of rotatable bonds is 5. The van der Waals surface area contributed by atoms with E-state index in [2.05, 4.69) is 11.4 Å². The Labute approximate surface area is 116 Å². The summed E-state index contributed by atoms with van der Waals surface area (Å²) in [5.41, 5.74) is 1.72. The maximum atomic E-state index is 12.5. The molecule has 20 heavy (non-hydrogen) atoms. The first-order valence-corrected chi connectivity index (χ1v) is 6.25. The van der Waals surface area contributed by atoms with Crippen molar-refractivity contribution in [3.05, 3.63) is 71.3 Å². The maximum Gasteiger partial charge on any atom is 0.263 e. The monoisotopic (exact) mass is 272 g/mol. The summed E-state index contributed by atoms with van der Waals surface area (Å²) >= 11 is 0. The third-order valence-electron chi connectivity index (χ3n) is 3.00.